The van der Waals surface area contributed by atoms with E-state index >= 15 is 0 Å². The molecule has 1 aromatic heterocycles. The minimum atomic E-state index is -0.837. The number of nitrogens with zero attached hydrogens (tertiary/aromatic N) is 4. The number of pyridine rings is 1. The Labute approximate surface area is 161 Å². The number of piperazine rings is 1. The molecule has 3 aliphatic heterocycles. The Kier molecular flexibility index (Phi) is 4.71. The number of imide groups is 1. The van der Waals surface area contributed by atoms with Crippen LogP contribution in [0.3, 0.4) is 0 Å². The number of nitrogens with one attached hydrogen (secondary N) is 1. The molecule has 0 radical (unpaired) electrons. The van der Waals surface area contributed by atoms with Crippen molar-refractivity contribution < 1.29 is 24.3 Å². The van der Waals surface area contributed by atoms with Crippen LogP contribution in [0, 0.1) is 0 Å². The first kappa shape index (κ1) is 18.4. The second kappa shape index (κ2) is 7.19. The smallest absolute Gasteiger partial charge is 0.317 e. The van der Waals surface area contributed by atoms with Gasteiger partial charge in [-0.05, 0) is 18.6 Å². The summed E-state index contributed by atoms with van der Waals surface area (Å²) >= 11 is 0. The minimum absolute atomic E-state index is 0.0286. The number of hydrogen-bond donors (Lipinski definition) is 2. The van der Waals surface area contributed by atoms with Gasteiger partial charge in [-0.2, -0.15) is 0 Å². The number of hydrogen-bond acceptors (Lipinski definition) is 7. The lowest BCUT2D eigenvalue weighted by atomic mass is 10.0. The number of piperidine rings is 1. The van der Waals surface area contributed by atoms with Gasteiger partial charge < -0.3 is 14.9 Å². The van der Waals surface area contributed by atoms with Gasteiger partial charge in [0.1, 0.15) is 11.9 Å². The van der Waals surface area contributed by atoms with Crippen LogP contribution in [0.5, 0.6) is 0 Å². The van der Waals surface area contributed by atoms with Crippen LogP contribution in [0.2, 0.25) is 0 Å². The zero-order chi connectivity index (χ0) is 19.8. The predicted molar refractivity (Wildman–Crippen MR) is 96.6 cm³/mol. The topological polar surface area (TPSA) is 123 Å². The molecule has 1 atom stereocenters. The summed E-state index contributed by atoms with van der Waals surface area (Å²) in [7, 11) is 0. The molecule has 2 saturated heterocycles. The molecular formula is C18H21N5O5. The molecule has 0 aliphatic carbocycles. The average Bonchev–Trinajstić information content (AvgIpc) is 2.98. The third kappa shape index (κ3) is 3.42. The lowest BCUT2D eigenvalue weighted by Gasteiger charge is -2.34. The molecule has 0 bridgehead atoms. The van der Waals surface area contributed by atoms with Crippen LogP contribution in [0.15, 0.2) is 12.1 Å². The summed E-state index contributed by atoms with van der Waals surface area (Å²) in [5, 5.41) is 11.2. The van der Waals surface area contributed by atoms with E-state index in [1.54, 1.807) is 12.1 Å². The molecular weight excluding hydrogens is 366 g/mol. The zero-order valence-corrected chi connectivity index (χ0v) is 15.3. The van der Waals surface area contributed by atoms with Crippen molar-refractivity contribution in [2.75, 3.05) is 37.6 Å². The number of aliphatic carboxylic acids is 1. The highest BCUT2D eigenvalue weighted by Gasteiger charge is 2.40. The molecule has 4 heterocycles. The molecule has 2 N–H and O–H groups in total. The van der Waals surface area contributed by atoms with Crippen molar-refractivity contribution in [1.82, 2.24) is 20.1 Å². The second-order valence-electron chi connectivity index (χ2n) is 7.22. The van der Waals surface area contributed by atoms with Crippen LogP contribution >= 0.6 is 0 Å². The van der Waals surface area contributed by atoms with E-state index in [4.69, 9.17) is 5.11 Å². The Balaban J connectivity index is 1.45. The Bertz CT molecular complexity index is 849. The number of carboxylic acid groups (broad SMARTS) is 1. The van der Waals surface area contributed by atoms with E-state index < -0.39 is 17.9 Å². The summed E-state index contributed by atoms with van der Waals surface area (Å²) in [6.07, 6.45) is 0.540. The van der Waals surface area contributed by atoms with E-state index in [9.17, 15) is 19.2 Å². The van der Waals surface area contributed by atoms with Gasteiger partial charge in [0.05, 0.1) is 24.3 Å². The normalized spacial score (nSPS) is 23.0. The molecule has 4 rings (SSSR count). The third-order valence-corrected chi connectivity index (χ3v) is 5.41. The molecule has 1 aromatic rings. The van der Waals surface area contributed by atoms with Crippen molar-refractivity contribution in [1.29, 1.82) is 0 Å². The summed E-state index contributed by atoms with van der Waals surface area (Å²) < 4.78 is 0. The maximum Gasteiger partial charge on any atom is 0.317 e. The van der Waals surface area contributed by atoms with Gasteiger partial charge in [-0.3, -0.25) is 29.4 Å². The number of aromatic nitrogens is 1. The van der Waals surface area contributed by atoms with Crippen LogP contribution in [-0.4, -0.2) is 82.3 Å². The highest BCUT2D eigenvalue weighted by atomic mass is 16.4. The van der Waals surface area contributed by atoms with E-state index in [0.717, 1.165) is 5.82 Å². The number of carbonyl (C=O) groups excluding carboxylic acids is 3. The number of carboxylic acids is 1. The number of anilines is 1. The first-order valence-corrected chi connectivity index (χ1v) is 9.26. The van der Waals surface area contributed by atoms with Gasteiger partial charge in [-0.15, -0.1) is 0 Å². The summed E-state index contributed by atoms with van der Waals surface area (Å²) in [4.78, 5) is 57.0. The van der Waals surface area contributed by atoms with Crippen molar-refractivity contribution in [3.63, 3.8) is 0 Å². The van der Waals surface area contributed by atoms with Crippen molar-refractivity contribution in [2.24, 2.45) is 0 Å². The molecule has 0 aromatic carbocycles. The molecule has 3 aliphatic rings. The van der Waals surface area contributed by atoms with Gasteiger partial charge >= 0.3 is 5.97 Å². The van der Waals surface area contributed by atoms with Gasteiger partial charge in [0.25, 0.3) is 5.91 Å². The van der Waals surface area contributed by atoms with E-state index in [0.29, 0.717) is 43.9 Å². The number of fused-ring (bicyclic) bond motifs is 1. The maximum atomic E-state index is 12.7. The van der Waals surface area contributed by atoms with Crippen LogP contribution in [0.4, 0.5) is 5.82 Å². The molecule has 28 heavy (non-hydrogen) atoms. The van der Waals surface area contributed by atoms with E-state index in [2.05, 4.69) is 15.2 Å². The standard InChI is InChI=1S/C18H21N5O5/c24-15-4-2-13(17(27)20-15)23-9-12-11(18(23)28)1-3-14(19-12)22-7-5-21(6-8-22)10-16(25)26/h1,3,13H,2,4-10H2,(H,25,26)(H,20,24,27). The predicted octanol–water partition coefficient (Wildman–Crippen LogP) is -0.951. The molecule has 148 valence electrons. The van der Waals surface area contributed by atoms with E-state index in [1.165, 1.54) is 4.90 Å². The summed E-state index contributed by atoms with van der Waals surface area (Å²) in [6, 6.07) is 2.87. The Hall–Kier alpha value is -3.01. The van der Waals surface area contributed by atoms with Gasteiger partial charge in [-0.25, -0.2) is 4.98 Å². The average molecular weight is 387 g/mol. The summed E-state index contributed by atoms with van der Waals surface area (Å²) in [6.45, 7) is 2.85. The van der Waals surface area contributed by atoms with Crippen molar-refractivity contribution >= 4 is 29.5 Å². The first-order valence-electron chi connectivity index (χ1n) is 9.26. The monoisotopic (exact) mass is 387 g/mol. The molecule has 2 fully saturated rings. The van der Waals surface area contributed by atoms with Gasteiger partial charge in [0.2, 0.25) is 11.8 Å². The molecule has 3 amide bonds. The Morgan fingerprint density at radius 3 is 2.61 bits per heavy atom. The fourth-order valence-corrected chi connectivity index (χ4v) is 3.93. The summed E-state index contributed by atoms with van der Waals surface area (Å²) in [5.41, 5.74) is 1.11. The van der Waals surface area contributed by atoms with Crippen LogP contribution in [0.25, 0.3) is 0 Å². The van der Waals surface area contributed by atoms with E-state index in [-0.39, 0.29) is 31.3 Å². The van der Waals surface area contributed by atoms with Crippen molar-refractivity contribution in [2.45, 2.75) is 25.4 Å². The second-order valence-corrected chi connectivity index (χ2v) is 7.22. The third-order valence-electron chi connectivity index (χ3n) is 5.41. The highest BCUT2D eigenvalue weighted by molar-refractivity contribution is 6.05. The van der Waals surface area contributed by atoms with E-state index in [1.807, 2.05) is 4.90 Å². The fourth-order valence-electron chi connectivity index (χ4n) is 3.93. The van der Waals surface area contributed by atoms with Crippen molar-refractivity contribution in [3.05, 3.63) is 23.4 Å². The molecule has 1 unspecified atom stereocenters. The lowest BCUT2D eigenvalue weighted by molar-refractivity contribution is -0.139. The Morgan fingerprint density at radius 2 is 1.93 bits per heavy atom. The van der Waals surface area contributed by atoms with Crippen LogP contribution in [0.1, 0.15) is 28.9 Å². The van der Waals surface area contributed by atoms with Crippen molar-refractivity contribution in [3.8, 4) is 0 Å². The van der Waals surface area contributed by atoms with Crippen LogP contribution in [-0.2, 0) is 20.9 Å². The quantitative estimate of drug-likeness (QED) is 0.634. The van der Waals surface area contributed by atoms with Gasteiger partial charge in [-0.1, -0.05) is 0 Å². The van der Waals surface area contributed by atoms with Gasteiger partial charge in [0.15, 0.2) is 0 Å². The highest BCUT2D eigenvalue weighted by Crippen LogP contribution is 2.28. The SMILES string of the molecule is O=C(O)CN1CCN(c2ccc3c(n2)CN(C2CCC(=O)NC2=O)C3=O)CC1. The zero-order valence-electron chi connectivity index (χ0n) is 15.3. The fraction of sp³-hybridized carbons (Fsp3) is 0.500. The number of amides is 3. The summed E-state index contributed by atoms with van der Waals surface area (Å²) in [5.74, 6) is -1.09. The molecule has 10 heteroatoms. The number of carbonyl (C=O) groups is 4. The molecule has 10 nitrogen and oxygen atoms in total. The molecule has 0 spiro atoms. The lowest BCUT2D eigenvalue weighted by Crippen LogP contribution is -2.52. The van der Waals surface area contributed by atoms with Gasteiger partial charge in [0, 0.05) is 32.6 Å². The first-order chi connectivity index (χ1) is 13.4. The maximum absolute atomic E-state index is 12.7. The largest absolute Gasteiger partial charge is 0.480 e. The Morgan fingerprint density at radius 1 is 1.18 bits per heavy atom. The minimum Gasteiger partial charge on any atom is -0.480 e. The van der Waals surface area contributed by atoms with Crippen LogP contribution < -0.4 is 10.2 Å². The molecule has 0 saturated carbocycles. The number of rotatable bonds is 4.